The van der Waals surface area contributed by atoms with Gasteiger partial charge in [-0.3, -0.25) is 4.79 Å². The Morgan fingerprint density at radius 3 is 2.27 bits per heavy atom. The van der Waals surface area contributed by atoms with Gasteiger partial charge in [-0.15, -0.1) is 11.8 Å². The predicted octanol–water partition coefficient (Wildman–Crippen LogP) is 5.51. The summed E-state index contributed by atoms with van der Waals surface area (Å²) >= 11 is 1.70. The van der Waals surface area contributed by atoms with E-state index in [1.54, 1.807) is 11.8 Å². The molecule has 0 aliphatic rings. The Kier molecular flexibility index (Phi) is 8.02. The van der Waals surface area contributed by atoms with E-state index in [-0.39, 0.29) is 16.6 Å². The van der Waals surface area contributed by atoms with E-state index in [0.29, 0.717) is 0 Å². The standard InChI is InChI=1S/C19H30O2S/c1-6-7-8-9-14-22-17(18(20)21-5)15-10-12-16(13-11-15)19(2,3)4/h10-13,17H,6-9,14H2,1-5H3/t17-/m0/s1. The van der Waals surface area contributed by atoms with Gasteiger partial charge < -0.3 is 4.74 Å². The summed E-state index contributed by atoms with van der Waals surface area (Å²) in [5.41, 5.74) is 2.46. The molecule has 1 aromatic carbocycles. The smallest absolute Gasteiger partial charge is 0.323 e. The summed E-state index contributed by atoms with van der Waals surface area (Å²) in [5, 5.41) is -0.208. The summed E-state index contributed by atoms with van der Waals surface area (Å²) in [5.74, 6) is 0.852. The van der Waals surface area contributed by atoms with Crippen LogP contribution in [0.5, 0.6) is 0 Å². The van der Waals surface area contributed by atoms with E-state index in [2.05, 4.69) is 52.0 Å². The van der Waals surface area contributed by atoms with Gasteiger partial charge in [0.25, 0.3) is 0 Å². The molecule has 0 spiro atoms. The number of hydrogen-bond acceptors (Lipinski definition) is 3. The second kappa shape index (κ2) is 9.24. The van der Waals surface area contributed by atoms with Crippen LogP contribution < -0.4 is 0 Å². The fourth-order valence-electron chi connectivity index (χ4n) is 2.30. The van der Waals surface area contributed by atoms with Crippen LogP contribution in [-0.2, 0) is 14.9 Å². The van der Waals surface area contributed by atoms with Crippen molar-refractivity contribution < 1.29 is 9.53 Å². The first-order chi connectivity index (χ1) is 10.4. The van der Waals surface area contributed by atoms with Crippen molar-refractivity contribution in [2.45, 2.75) is 64.0 Å². The van der Waals surface area contributed by atoms with Crippen LogP contribution in [0.4, 0.5) is 0 Å². The molecule has 0 N–H and O–H groups in total. The lowest BCUT2D eigenvalue weighted by molar-refractivity contribution is -0.140. The number of ether oxygens (including phenoxy) is 1. The third-order valence-corrected chi connectivity index (χ3v) is 5.10. The van der Waals surface area contributed by atoms with Crippen LogP contribution in [0.1, 0.15) is 69.8 Å². The molecule has 124 valence electrons. The summed E-state index contributed by atoms with van der Waals surface area (Å²) < 4.78 is 4.98. The fraction of sp³-hybridized carbons (Fsp3) is 0.632. The van der Waals surface area contributed by atoms with Crippen molar-refractivity contribution in [3.8, 4) is 0 Å². The molecule has 22 heavy (non-hydrogen) atoms. The van der Waals surface area contributed by atoms with Crippen LogP contribution >= 0.6 is 11.8 Å². The zero-order valence-electron chi connectivity index (χ0n) is 14.6. The van der Waals surface area contributed by atoms with E-state index in [9.17, 15) is 4.79 Å². The van der Waals surface area contributed by atoms with Gasteiger partial charge in [0, 0.05) is 0 Å². The van der Waals surface area contributed by atoms with Gasteiger partial charge in [-0.05, 0) is 28.7 Å². The molecule has 1 atom stereocenters. The van der Waals surface area contributed by atoms with Crippen molar-refractivity contribution >= 4 is 17.7 Å². The Morgan fingerprint density at radius 1 is 1.14 bits per heavy atom. The number of carbonyl (C=O) groups excluding carboxylic acids is 1. The highest BCUT2D eigenvalue weighted by Crippen LogP contribution is 2.32. The van der Waals surface area contributed by atoms with Crippen LogP contribution in [-0.4, -0.2) is 18.8 Å². The van der Waals surface area contributed by atoms with Crippen molar-refractivity contribution in [3.63, 3.8) is 0 Å². The molecule has 0 aliphatic carbocycles. The minimum Gasteiger partial charge on any atom is -0.468 e. The van der Waals surface area contributed by atoms with Gasteiger partial charge in [0.1, 0.15) is 5.25 Å². The van der Waals surface area contributed by atoms with Gasteiger partial charge >= 0.3 is 5.97 Å². The molecule has 3 heteroatoms. The van der Waals surface area contributed by atoms with E-state index in [1.807, 2.05) is 0 Å². The fourth-order valence-corrected chi connectivity index (χ4v) is 3.48. The molecule has 0 unspecified atom stereocenters. The number of methoxy groups -OCH3 is 1. The van der Waals surface area contributed by atoms with Gasteiger partial charge in [0.2, 0.25) is 0 Å². The maximum Gasteiger partial charge on any atom is 0.323 e. The molecule has 0 aliphatic heterocycles. The molecule has 0 fully saturated rings. The van der Waals surface area contributed by atoms with E-state index < -0.39 is 0 Å². The van der Waals surface area contributed by atoms with Gasteiger partial charge in [-0.25, -0.2) is 0 Å². The maximum atomic E-state index is 12.1. The molecule has 2 nitrogen and oxygen atoms in total. The number of esters is 1. The van der Waals surface area contributed by atoms with Gasteiger partial charge in [-0.1, -0.05) is 71.2 Å². The zero-order chi connectivity index (χ0) is 16.6. The zero-order valence-corrected chi connectivity index (χ0v) is 15.5. The molecule has 0 saturated carbocycles. The second-order valence-electron chi connectivity index (χ2n) is 6.71. The lowest BCUT2D eigenvalue weighted by atomic mass is 9.86. The SMILES string of the molecule is CCCCCCS[C@H](C(=O)OC)c1ccc(C(C)(C)C)cc1. The monoisotopic (exact) mass is 322 g/mol. The molecular weight excluding hydrogens is 292 g/mol. The first kappa shape index (κ1) is 19.1. The average molecular weight is 323 g/mol. The van der Waals surface area contributed by atoms with Gasteiger partial charge in [0.15, 0.2) is 0 Å². The Morgan fingerprint density at radius 2 is 1.77 bits per heavy atom. The maximum absolute atomic E-state index is 12.1. The van der Waals surface area contributed by atoms with Crippen molar-refractivity contribution in [2.24, 2.45) is 0 Å². The van der Waals surface area contributed by atoms with Crippen molar-refractivity contribution in [2.75, 3.05) is 12.9 Å². The van der Waals surface area contributed by atoms with Crippen LogP contribution in [0.3, 0.4) is 0 Å². The minimum atomic E-state index is -0.208. The summed E-state index contributed by atoms with van der Waals surface area (Å²) in [4.78, 5) is 12.1. The molecule has 0 bridgehead atoms. The van der Waals surface area contributed by atoms with Crippen molar-refractivity contribution in [1.29, 1.82) is 0 Å². The van der Waals surface area contributed by atoms with E-state index in [4.69, 9.17) is 4.74 Å². The topological polar surface area (TPSA) is 26.3 Å². The highest BCUT2D eigenvalue weighted by Gasteiger charge is 2.22. The first-order valence-corrected chi connectivity index (χ1v) is 9.25. The van der Waals surface area contributed by atoms with Crippen LogP contribution in [0.25, 0.3) is 0 Å². The quantitative estimate of drug-likeness (QED) is 0.466. The number of rotatable bonds is 8. The third-order valence-electron chi connectivity index (χ3n) is 3.78. The molecule has 0 radical (unpaired) electrons. The largest absolute Gasteiger partial charge is 0.468 e. The number of unbranched alkanes of at least 4 members (excludes halogenated alkanes) is 3. The Bertz CT molecular complexity index is 445. The molecule has 1 rings (SSSR count). The Hall–Kier alpha value is -0.960. The molecule has 0 saturated heterocycles. The van der Waals surface area contributed by atoms with E-state index in [0.717, 1.165) is 17.7 Å². The Labute approximate surface area is 140 Å². The molecule has 1 aromatic rings. The van der Waals surface area contributed by atoms with Crippen molar-refractivity contribution in [3.05, 3.63) is 35.4 Å². The summed E-state index contributed by atoms with van der Waals surface area (Å²) in [6.45, 7) is 8.80. The van der Waals surface area contributed by atoms with Gasteiger partial charge in [0.05, 0.1) is 7.11 Å². The molecule has 0 heterocycles. The highest BCUT2D eigenvalue weighted by molar-refractivity contribution is 8.00. The lowest BCUT2D eigenvalue weighted by Crippen LogP contribution is -2.14. The van der Waals surface area contributed by atoms with Crippen molar-refractivity contribution in [1.82, 2.24) is 0 Å². The number of benzene rings is 1. The Balaban J connectivity index is 2.73. The average Bonchev–Trinajstić information content (AvgIpc) is 2.49. The van der Waals surface area contributed by atoms with E-state index >= 15 is 0 Å². The second-order valence-corrected chi connectivity index (χ2v) is 7.92. The number of thioether (sulfide) groups is 1. The lowest BCUT2D eigenvalue weighted by Gasteiger charge is -2.20. The number of hydrogen-bond donors (Lipinski definition) is 0. The molecule has 0 amide bonds. The summed E-state index contributed by atoms with van der Waals surface area (Å²) in [6.07, 6.45) is 4.90. The minimum absolute atomic E-state index is 0.132. The van der Waals surface area contributed by atoms with E-state index in [1.165, 1.54) is 31.9 Å². The molecular formula is C19H30O2S. The van der Waals surface area contributed by atoms with Crippen LogP contribution in [0.15, 0.2) is 24.3 Å². The van der Waals surface area contributed by atoms with Gasteiger partial charge in [-0.2, -0.15) is 0 Å². The predicted molar refractivity (Wildman–Crippen MR) is 96.5 cm³/mol. The normalized spacial score (nSPS) is 13.0. The van der Waals surface area contributed by atoms with Crippen LogP contribution in [0.2, 0.25) is 0 Å². The first-order valence-electron chi connectivity index (χ1n) is 8.20. The third kappa shape index (κ3) is 6.04. The highest BCUT2D eigenvalue weighted by atomic mass is 32.2. The summed E-state index contributed by atoms with van der Waals surface area (Å²) in [6, 6.07) is 8.40. The number of carbonyl (C=O) groups is 1. The van der Waals surface area contributed by atoms with Crippen LogP contribution in [0, 0.1) is 0 Å². The molecule has 0 aromatic heterocycles. The summed E-state index contributed by atoms with van der Waals surface area (Å²) in [7, 11) is 1.47.